The van der Waals surface area contributed by atoms with E-state index in [-0.39, 0.29) is 11.7 Å². The molecule has 2 aromatic carbocycles. The summed E-state index contributed by atoms with van der Waals surface area (Å²) in [4.78, 5) is 23.2. The van der Waals surface area contributed by atoms with Crippen molar-refractivity contribution in [2.45, 2.75) is 6.92 Å². The van der Waals surface area contributed by atoms with Crippen LogP contribution in [0.2, 0.25) is 0 Å². The summed E-state index contributed by atoms with van der Waals surface area (Å²) >= 11 is 0. The van der Waals surface area contributed by atoms with Crippen molar-refractivity contribution in [3.63, 3.8) is 0 Å². The minimum Gasteiger partial charge on any atom is -0.497 e. The number of carbonyl (C=O) groups excluding carboxylic acids is 2. The third-order valence-electron chi connectivity index (χ3n) is 2.90. The lowest BCUT2D eigenvalue weighted by Gasteiger charge is -2.06. The lowest BCUT2D eigenvalue weighted by molar-refractivity contribution is 0.101. The molecule has 1 amide bonds. The van der Waals surface area contributed by atoms with E-state index in [0.29, 0.717) is 22.6 Å². The molecule has 0 spiro atoms. The number of hydrogen-bond donors (Lipinski definition) is 1. The zero-order valence-electron chi connectivity index (χ0n) is 11.3. The van der Waals surface area contributed by atoms with Gasteiger partial charge in [-0.3, -0.25) is 9.59 Å². The van der Waals surface area contributed by atoms with Gasteiger partial charge in [-0.25, -0.2) is 0 Å². The number of carbonyl (C=O) groups is 2. The molecule has 2 aromatic rings. The van der Waals surface area contributed by atoms with Gasteiger partial charge in [-0.2, -0.15) is 0 Å². The summed E-state index contributed by atoms with van der Waals surface area (Å²) < 4.78 is 5.04. The molecule has 0 saturated heterocycles. The largest absolute Gasteiger partial charge is 0.497 e. The maximum atomic E-state index is 12.0. The minimum atomic E-state index is -0.205. The van der Waals surface area contributed by atoms with Crippen molar-refractivity contribution in [1.82, 2.24) is 0 Å². The Balaban J connectivity index is 2.08. The van der Waals surface area contributed by atoms with Gasteiger partial charge in [-0.1, -0.05) is 0 Å². The zero-order valence-corrected chi connectivity index (χ0v) is 11.3. The molecule has 0 fully saturated rings. The number of anilines is 1. The highest BCUT2D eigenvalue weighted by Gasteiger charge is 2.06. The first-order valence-electron chi connectivity index (χ1n) is 6.16. The van der Waals surface area contributed by atoms with Crippen molar-refractivity contribution in [3.8, 4) is 5.75 Å². The summed E-state index contributed by atoms with van der Waals surface area (Å²) in [6.07, 6.45) is 0. The molecule has 0 aliphatic carbocycles. The summed E-state index contributed by atoms with van der Waals surface area (Å²) in [6, 6.07) is 13.6. The van der Waals surface area contributed by atoms with Crippen LogP contribution in [0.5, 0.6) is 5.75 Å². The summed E-state index contributed by atoms with van der Waals surface area (Å²) in [7, 11) is 1.58. The molecule has 0 aliphatic rings. The molecule has 0 aromatic heterocycles. The van der Waals surface area contributed by atoms with Crippen molar-refractivity contribution in [2.75, 3.05) is 12.4 Å². The van der Waals surface area contributed by atoms with E-state index in [0.717, 1.165) is 0 Å². The van der Waals surface area contributed by atoms with Crippen LogP contribution in [-0.2, 0) is 0 Å². The molecule has 1 N–H and O–H groups in total. The van der Waals surface area contributed by atoms with Crippen molar-refractivity contribution in [3.05, 3.63) is 59.7 Å². The van der Waals surface area contributed by atoms with Gasteiger partial charge < -0.3 is 10.1 Å². The van der Waals surface area contributed by atoms with Crippen molar-refractivity contribution >= 4 is 17.4 Å². The predicted molar refractivity (Wildman–Crippen MR) is 77.4 cm³/mol. The maximum absolute atomic E-state index is 12.0. The maximum Gasteiger partial charge on any atom is 0.255 e. The molecule has 4 nitrogen and oxygen atoms in total. The second-order valence-electron chi connectivity index (χ2n) is 4.32. The first-order valence-corrected chi connectivity index (χ1v) is 6.16. The van der Waals surface area contributed by atoms with E-state index >= 15 is 0 Å². The number of rotatable bonds is 4. The Labute approximate surface area is 117 Å². The summed E-state index contributed by atoms with van der Waals surface area (Å²) in [6.45, 7) is 1.50. The van der Waals surface area contributed by atoms with Crippen LogP contribution in [0.3, 0.4) is 0 Å². The van der Waals surface area contributed by atoms with Gasteiger partial charge in [-0.15, -0.1) is 0 Å². The standard InChI is InChI=1S/C16H15NO3/c1-11(18)12-3-7-14(8-4-12)17-16(19)13-5-9-15(20-2)10-6-13/h3-10H,1-2H3,(H,17,19). The molecule has 0 aliphatic heterocycles. The van der Waals surface area contributed by atoms with Crippen LogP contribution in [0, 0.1) is 0 Å². The van der Waals surface area contributed by atoms with Gasteiger partial charge in [0.05, 0.1) is 7.11 Å². The molecular weight excluding hydrogens is 254 g/mol. The zero-order chi connectivity index (χ0) is 14.5. The number of hydrogen-bond acceptors (Lipinski definition) is 3. The summed E-state index contributed by atoms with van der Waals surface area (Å²) in [5, 5.41) is 2.77. The number of ketones is 1. The molecule has 2 rings (SSSR count). The molecule has 0 unspecified atom stereocenters. The Hall–Kier alpha value is -2.62. The van der Waals surface area contributed by atoms with Crippen LogP contribution in [0.4, 0.5) is 5.69 Å². The molecule has 4 heteroatoms. The molecular formula is C16H15NO3. The highest BCUT2D eigenvalue weighted by Crippen LogP contribution is 2.14. The van der Waals surface area contributed by atoms with Crippen LogP contribution in [0.15, 0.2) is 48.5 Å². The van der Waals surface area contributed by atoms with Crippen molar-refractivity contribution in [2.24, 2.45) is 0 Å². The fourth-order valence-corrected chi connectivity index (χ4v) is 1.73. The van der Waals surface area contributed by atoms with Crippen LogP contribution in [0.1, 0.15) is 27.6 Å². The normalized spacial score (nSPS) is 9.90. The number of Topliss-reactive ketones (excluding diaryl/α,β-unsaturated/α-hetero) is 1. The van der Waals surface area contributed by atoms with E-state index in [1.807, 2.05) is 0 Å². The third kappa shape index (κ3) is 3.23. The third-order valence-corrected chi connectivity index (χ3v) is 2.90. The number of ether oxygens (including phenoxy) is 1. The molecule has 0 atom stereocenters. The van der Waals surface area contributed by atoms with Gasteiger partial charge in [0, 0.05) is 16.8 Å². The average Bonchev–Trinajstić information content (AvgIpc) is 2.48. The Kier molecular flexibility index (Phi) is 4.15. The van der Waals surface area contributed by atoms with Gasteiger partial charge in [0.2, 0.25) is 0 Å². The van der Waals surface area contributed by atoms with E-state index < -0.39 is 0 Å². The minimum absolute atomic E-state index is 0.00182. The molecule has 20 heavy (non-hydrogen) atoms. The highest BCUT2D eigenvalue weighted by atomic mass is 16.5. The number of nitrogens with one attached hydrogen (secondary N) is 1. The van der Waals surface area contributed by atoms with Crippen LogP contribution in [-0.4, -0.2) is 18.8 Å². The molecule has 0 heterocycles. The fraction of sp³-hybridized carbons (Fsp3) is 0.125. The van der Waals surface area contributed by atoms with Gasteiger partial charge in [0.15, 0.2) is 5.78 Å². The predicted octanol–water partition coefficient (Wildman–Crippen LogP) is 3.15. The molecule has 0 radical (unpaired) electrons. The van der Waals surface area contributed by atoms with Crippen LogP contribution >= 0.6 is 0 Å². The van der Waals surface area contributed by atoms with E-state index in [1.165, 1.54) is 6.92 Å². The topological polar surface area (TPSA) is 55.4 Å². The first kappa shape index (κ1) is 13.8. The Morgan fingerprint density at radius 1 is 0.900 bits per heavy atom. The van der Waals surface area contributed by atoms with Gasteiger partial charge in [0.25, 0.3) is 5.91 Å². The van der Waals surface area contributed by atoms with Crippen molar-refractivity contribution < 1.29 is 14.3 Å². The highest BCUT2D eigenvalue weighted by molar-refractivity contribution is 6.04. The fourth-order valence-electron chi connectivity index (χ4n) is 1.73. The molecule has 0 saturated carbocycles. The number of amides is 1. The van der Waals surface area contributed by atoms with Gasteiger partial charge in [-0.05, 0) is 55.5 Å². The Morgan fingerprint density at radius 2 is 1.45 bits per heavy atom. The number of methoxy groups -OCH3 is 1. The average molecular weight is 269 g/mol. The monoisotopic (exact) mass is 269 g/mol. The second kappa shape index (κ2) is 6.02. The van der Waals surface area contributed by atoms with E-state index in [2.05, 4.69) is 5.32 Å². The molecule has 102 valence electrons. The van der Waals surface area contributed by atoms with E-state index in [4.69, 9.17) is 4.74 Å². The number of benzene rings is 2. The SMILES string of the molecule is COc1ccc(C(=O)Nc2ccc(C(C)=O)cc2)cc1. The lowest BCUT2D eigenvalue weighted by Crippen LogP contribution is -2.11. The van der Waals surface area contributed by atoms with E-state index in [9.17, 15) is 9.59 Å². The second-order valence-corrected chi connectivity index (χ2v) is 4.32. The van der Waals surface area contributed by atoms with Gasteiger partial charge in [0.1, 0.15) is 5.75 Å². The van der Waals surface area contributed by atoms with E-state index in [1.54, 1.807) is 55.6 Å². The quantitative estimate of drug-likeness (QED) is 0.867. The Morgan fingerprint density at radius 3 is 1.95 bits per heavy atom. The van der Waals surface area contributed by atoms with Crippen LogP contribution < -0.4 is 10.1 Å². The van der Waals surface area contributed by atoms with Crippen molar-refractivity contribution in [1.29, 1.82) is 0 Å². The summed E-state index contributed by atoms with van der Waals surface area (Å²) in [5.41, 5.74) is 1.81. The van der Waals surface area contributed by atoms with Crippen LogP contribution in [0.25, 0.3) is 0 Å². The first-order chi connectivity index (χ1) is 9.60. The summed E-state index contributed by atoms with van der Waals surface area (Å²) in [5.74, 6) is 0.494. The lowest BCUT2D eigenvalue weighted by atomic mass is 10.1. The molecule has 0 bridgehead atoms. The Bertz CT molecular complexity index is 615. The van der Waals surface area contributed by atoms with Gasteiger partial charge >= 0.3 is 0 Å². The smallest absolute Gasteiger partial charge is 0.255 e.